The van der Waals surface area contributed by atoms with Crippen molar-refractivity contribution < 1.29 is 9.53 Å². The molecule has 2 aromatic carbocycles. The van der Waals surface area contributed by atoms with E-state index in [4.69, 9.17) is 17.0 Å². The van der Waals surface area contributed by atoms with Crippen molar-refractivity contribution >= 4 is 35.0 Å². The third kappa shape index (κ3) is 3.50. The van der Waals surface area contributed by atoms with Gasteiger partial charge in [0.25, 0.3) is 5.91 Å². The summed E-state index contributed by atoms with van der Waals surface area (Å²) in [4.78, 5) is 20.2. The van der Waals surface area contributed by atoms with Crippen LogP contribution in [0.2, 0.25) is 0 Å². The summed E-state index contributed by atoms with van der Waals surface area (Å²) in [7, 11) is 1.79. The minimum Gasteiger partial charge on any atom is -0.457 e. The van der Waals surface area contributed by atoms with E-state index in [0.29, 0.717) is 22.2 Å². The van der Waals surface area contributed by atoms with E-state index in [9.17, 15) is 4.79 Å². The number of thiocarbonyl (C=S) groups is 1. The maximum Gasteiger partial charge on any atom is 0.281 e. The fourth-order valence-corrected chi connectivity index (χ4v) is 3.18. The van der Waals surface area contributed by atoms with E-state index < -0.39 is 0 Å². The number of pyridine rings is 1. The van der Waals surface area contributed by atoms with Gasteiger partial charge in [-0.3, -0.25) is 14.7 Å². The number of anilines is 1. The van der Waals surface area contributed by atoms with E-state index in [2.05, 4.69) is 4.98 Å². The van der Waals surface area contributed by atoms with Crippen LogP contribution in [0, 0.1) is 0 Å². The van der Waals surface area contributed by atoms with E-state index in [1.807, 2.05) is 72.8 Å². The summed E-state index contributed by atoms with van der Waals surface area (Å²) in [6, 6.07) is 20.5. The Morgan fingerprint density at radius 2 is 1.57 bits per heavy atom. The minimum atomic E-state index is -0.166. The number of benzene rings is 2. The summed E-state index contributed by atoms with van der Waals surface area (Å²) in [5.74, 6) is 1.28. The lowest BCUT2D eigenvalue weighted by molar-refractivity contribution is -0.114. The summed E-state index contributed by atoms with van der Waals surface area (Å²) in [6.07, 6.45) is 5.18. The SMILES string of the molecule is CN1C(=S)N(c2ccc(Oc3ccccc3)cc2)C(=O)/C1=C\c1ccncc1. The molecule has 1 amide bonds. The number of carbonyl (C=O) groups is 1. The van der Waals surface area contributed by atoms with Gasteiger partial charge in [0, 0.05) is 19.4 Å². The van der Waals surface area contributed by atoms with Crippen molar-refractivity contribution in [3.8, 4) is 11.5 Å². The molecular weight excluding hydrogens is 370 g/mol. The van der Waals surface area contributed by atoms with Gasteiger partial charge in [-0.25, -0.2) is 0 Å². The molecule has 1 saturated heterocycles. The number of hydrogen-bond acceptors (Lipinski definition) is 4. The van der Waals surface area contributed by atoms with Crippen molar-refractivity contribution in [2.24, 2.45) is 0 Å². The van der Waals surface area contributed by atoms with Crippen LogP contribution in [0.3, 0.4) is 0 Å². The first kappa shape index (κ1) is 17.9. The highest BCUT2D eigenvalue weighted by Gasteiger charge is 2.36. The number of amides is 1. The molecule has 0 radical (unpaired) electrons. The summed E-state index contributed by atoms with van der Waals surface area (Å²) in [6.45, 7) is 0. The number of para-hydroxylation sites is 1. The smallest absolute Gasteiger partial charge is 0.281 e. The molecule has 1 fully saturated rings. The lowest BCUT2D eigenvalue weighted by atomic mass is 10.2. The lowest BCUT2D eigenvalue weighted by Gasteiger charge is -2.17. The standard InChI is InChI=1S/C22H17N3O2S/c1-24-20(15-16-11-13-23-14-12-16)21(26)25(22(24)28)17-7-9-19(10-8-17)27-18-5-3-2-4-6-18/h2-15H,1H3/b20-15+. The van der Waals surface area contributed by atoms with Gasteiger partial charge in [0.2, 0.25) is 0 Å². The molecule has 0 atom stereocenters. The normalized spacial score (nSPS) is 15.4. The van der Waals surface area contributed by atoms with Crippen LogP contribution < -0.4 is 9.64 Å². The van der Waals surface area contributed by atoms with Crippen molar-refractivity contribution in [3.63, 3.8) is 0 Å². The van der Waals surface area contributed by atoms with Crippen LogP contribution in [0.1, 0.15) is 5.56 Å². The van der Waals surface area contributed by atoms with Gasteiger partial charge in [0.15, 0.2) is 5.11 Å². The summed E-state index contributed by atoms with van der Waals surface area (Å²) in [5.41, 5.74) is 2.10. The zero-order valence-electron chi connectivity index (χ0n) is 15.1. The van der Waals surface area contributed by atoms with Crippen molar-refractivity contribution in [1.29, 1.82) is 0 Å². The molecule has 0 bridgehead atoms. The second kappa shape index (κ2) is 7.62. The Morgan fingerprint density at radius 3 is 2.25 bits per heavy atom. The average Bonchev–Trinajstić information content (AvgIpc) is 2.94. The highest BCUT2D eigenvalue weighted by molar-refractivity contribution is 7.80. The Labute approximate surface area is 168 Å². The number of hydrogen-bond donors (Lipinski definition) is 0. The largest absolute Gasteiger partial charge is 0.457 e. The fraction of sp³-hybridized carbons (Fsp3) is 0.0455. The lowest BCUT2D eigenvalue weighted by Crippen LogP contribution is -2.31. The highest BCUT2D eigenvalue weighted by atomic mass is 32.1. The maximum atomic E-state index is 13.0. The third-order valence-electron chi connectivity index (χ3n) is 4.35. The zero-order valence-corrected chi connectivity index (χ0v) is 16.0. The van der Waals surface area contributed by atoms with Crippen molar-refractivity contribution in [3.05, 3.63) is 90.4 Å². The first-order valence-corrected chi connectivity index (χ1v) is 9.11. The Morgan fingerprint density at radius 1 is 0.929 bits per heavy atom. The van der Waals surface area contributed by atoms with Gasteiger partial charge in [-0.05, 0) is 72.4 Å². The molecule has 0 spiro atoms. The zero-order chi connectivity index (χ0) is 19.5. The molecule has 6 heteroatoms. The molecule has 1 aliphatic heterocycles. The molecule has 3 aromatic rings. The van der Waals surface area contributed by atoms with Gasteiger partial charge in [-0.2, -0.15) is 0 Å². The number of ether oxygens (including phenoxy) is 1. The Kier molecular flexibility index (Phi) is 4.87. The average molecular weight is 387 g/mol. The van der Waals surface area contributed by atoms with Crippen LogP contribution in [0.25, 0.3) is 6.08 Å². The predicted octanol–water partition coefficient (Wildman–Crippen LogP) is 4.48. The number of nitrogens with zero attached hydrogens (tertiary/aromatic N) is 3. The molecule has 2 heterocycles. The fourth-order valence-electron chi connectivity index (χ4n) is 2.89. The van der Waals surface area contributed by atoms with Gasteiger partial charge in [-0.1, -0.05) is 18.2 Å². The first-order valence-electron chi connectivity index (χ1n) is 8.70. The van der Waals surface area contributed by atoms with Crippen LogP contribution in [-0.2, 0) is 4.79 Å². The monoisotopic (exact) mass is 387 g/mol. The molecule has 4 rings (SSSR count). The molecule has 138 valence electrons. The molecule has 0 N–H and O–H groups in total. The van der Waals surface area contributed by atoms with Gasteiger partial charge < -0.3 is 9.64 Å². The van der Waals surface area contributed by atoms with Crippen molar-refractivity contribution in [2.75, 3.05) is 11.9 Å². The maximum absolute atomic E-state index is 13.0. The molecular formula is C22H17N3O2S. The molecule has 28 heavy (non-hydrogen) atoms. The van der Waals surface area contributed by atoms with E-state index in [1.165, 1.54) is 4.90 Å². The predicted molar refractivity (Wildman–Crippen MR) is 113 cm³/mol. The molecule has 0 unspecified atom stereocenters. The number of carbonyl (C=O) groups excluding carboxylic acids is 1. The van der Waals surface area contributed by atoms with Crippen LogP contribution in [0.5, 0.6) is 11.5 Å². The quantitative estimate of drug-likeness (QED) is 0.488. The van der Waals surface area contributed by atoms with Crippen LogP contribution in [-0.4, -0.2) is 28.0 Å². The second-order valence-corrected chi connectivity index (χ2v) is 6.57. The third-order valence-corrected chi connectivity index (χ3v) is 4.80. The number of likely N-dealkylation sites (N-methyl/N-ethyl adjacent to an activating group) is 1. The summed E-state index contributed by atoms with van der Waals surface area (Å²) >= 11 is 5.50. The van der Waals surface area contributed by atoms with Crippen molar-refractivity contribution in [2.45, 2.75) is 0 Å². The van der Waals surface area contributed by atoms with Crippen molar-refractivity contribution in [1.82, 2.24) is 9.88 Å². The van der Waals surface area contributed by atoms with Gasteiger partial charge >= 0.3 is 0 Å². The Bertz CT molecular complexity index is 1030. The summed E-state index contributed by atoms with van der Waals surface area (Å²) in [5, 5.41) is 0.432. The summed E-state index contributed by atoms with van der Waals surface area (Å²) < 4.78 is 5.81. The minimum absolute atomic E-state index is 0.166. The van der Waals surface area contributed by atoms with Gasteiger partial charge in [-0.15, -0.1) is 0 Å². The molecule has 1 aromatic heterocycles. The Hall–Kier alpha value is -3.51. The van der Waals surface area contributed by atoms with E-state index in [1.54, 1.807) is 24.3 Å². The molecule has 0 aliphatic carbocycles. The van der Waals surface area contributed by atoms with E-state index >= 15 is 0 Å². The first-order chi connectivity index (χ1) is 13.6. The molecule has 0 saturated carbocycles. The topological polar surface area (TPSA) is 45.7 Å². The van der Waals surface area contributed by atoms with Crippen LogP contribution in [0.4, 0.5) is 5.69 Å². The molecule has 1 aliphatic rings. The van der Waals surface area contributed by atoms with Crippen LogP contribution >= 0.6 is 12.2 Å². The van der Waals surface area contributed by atoms with Gasteiger partial charge in [0.05, 0.1) is 5.69 Å². The van der Waals surface area contributed by atoms with Gasteiger partial charge in [0.1, 0.15) is 17.2 Å². The van der Waals surface area contributed by atoms with E-state index in [-0.39, 0.29) is 5.91 Å². The number of rotatable bonds is 4. The molecule has 5 nitrogen and oxygen atoms in total. The Balaban J connectivity index is 1.58. The van der Waals surface area contributed by atoms with Crippen LogP contribution in [0.15, 0.2) is 84.8 Å². The highest BCUT2D eigenvalue weighted by Crippen LogP contribution is 2.30. The second-order valence-electron chi connectivity index (χ2n) is 6.20. The van der Waals surface area contributed by atoms with E-state index in [0.717, 1.165) is 11.3 Å². The number of aromatic nitrogens is 1.